The van der Waals surface area contributed by atoms with Crippen LogP contribution in [0.15, 0.2) is 54.6 Å². The summed E-state index contributed by atoms with van der Waals surface area (Å²) in [7, 11) is 0. The smallest absolute Gasteiger partial charge is 0.119 e. The Kier molecular flexibility index (Phi) is 4.31. The second-order valence-electron chi connectivity index (χ2n) is 3.97. The van der Waals surface area contributed by atoms with Crippen molar-refractivity contribution in [3.8, 4) is 5.75 Å². The van der Waals surface area contributed by atoms with E-state index in [-0.39, 0.29) is 0 Å². The monoisotopic (exact) mass is 257 g/mol. The lowest BCUT2D eigenvalue weighted by atomic mass is 10.2. The molecular weight excluding hydrogens is 242 g/mol. The predicted octanol–water partition coefficient (Wildman–Crippen LogP) is 2.94. The van der Waals surface area contributed by atoms with Crippen LogP contribution in [0.5, 0.6) is 5.75 Å². The summed E-state index contributed by atoms with van der Waals surface area (Å²) in [5.74, 6) is 0.839. The summed E-state index contributed by atoms with van der Waals surface area (Å²) in [4.78, 5) is 0.408. The molecule has 2 rings (SSSR count). The minimum Gasteiger partial charge on any atom is -0.493 e. The molecule has 0 fully saturated rings. The van der Waals surface area contributed by atoms with E-state index in [9.17, 15) is 0 Å². The van der Waals surface area contributed by atoms with Crippen LogP contribution < -0.4 is 10.5 Å². The Morgan fingerprint density at radius 3 is 2.28 bits per heavy atom. The van der Waals surface area contributed by atoms with Gasteiger partial charge in [0.15, 0.2) is 0 Å². The number of hydrogen-bond donors (Lipinski definition) is 1. The van der Waals surface area contributed by atoms with Gasteiger partial charge in [-0.2, -0.15) is 0 Å². The Hall–Kier alpha value is -1.87. The van der Waals surface area contributed by atoms with Crippen LogP contribution in [0, 0.1) is 0 Å². The molecule has 0 aliphatic heterocycles. The van der Waals surface area contributed by atoms with Crippen molar-refractivity contribution in [3.05, 3.63) is 65.7 Å². The van der Waals surface area contributed by atoms with Gasteiger partial charge in [-0.05, 0) is 29.8 Å². The summed E-state index contributed by atoms with van der Waals surface area (Å²) >= 11 is 4.89. The maximum Gasteiger partial charge on any atom is 0.119 e. The third-order valence-electron chi connectivity index (χ3n) is 2.64. The van der Waals surface area contributed by atoms with Gasteiger partial charge < -0.3 is 10.5 Å². The van der Waals surface area contributed by atoms with Crippen molar-refractivity contribution in [2.45, 2.75) is 6.42 Å². The molecule has 92 valence electrons. The molecule has 2 nitrogen and oxygen atoms in total. The first-order valence-electron chi connectivity index (χ1n) is 5.82. The number of hydrogen-bond acceptors (Lipinski definition) is 2. The highest BCUT2D eigenvalue weighted by Crippen LogP contribution is 2.12. The number of nitrogens with two attached hydrogens (primary N) is 1. The van der Waals surface area contributed by atoms with Crippen LogP contribution in [0.1, 0.15) is 11.1 Å². The van der Waals surface area contributed by atoms with Crippen LogP contribution in [-0.4, -0.2) is 11.6 Å². The van der Waals surface area contributed by atoms with Crippen molar-refractivity contribution >= 4 is 17.2 Å². The highest BCUT2D eigenvalue weighted by atomic mass is 32.1. The number of ether oxygens (including phenoxy) is 1. The number of benzene rings is 2. The van der Waals surface area contributed by atoms with Gasteiger partial charge in [-0.1, -0.05) is 42.5 Å². The number of thiocarbonyl (C=S) groups is 1. The van der Waals surface area contributed by atoms with Crippen molar-refractivity contribution in [1.29, 1.82) is 0 Å². The van der Waals surface area contributed by atoms with E-state index in [0.717, 1.165) is 17.7 Å². The first kappa shape index (κ1) is 12.6. The Balaban J connectivity index is 1.85. The van der Waals surface area contributed by atoms with E-state index in [2.05, 4.69) is 12.1 Å². The van der Waals surface area contributed by atoms with Gasteiger partial charge in [-0.25, -0.2) is 0 Å². The second kappa shape index (κ2) is 6.17. The summed E-state index contributed by atoms with van der Waals surface area (Å²) in [6.45, 7) is 0.663. The summed E-state index contributed by atoms with van der Waals surface area (Å²) < 4.78 is 5.66. The molecule has 0 radical (unpaired) electrons. The SMILES string of the molecule is NC(=S)c1ccc(OCCc2ccccc2)cc1. The zero-order chi connectivity index (χ0) is 12.8. The molecule has 0 aromatic heterocycles. The van der Waals surface area contributed by atoms with E-state index < -0.39 is 0 Å². The maximum absolute atomic E-state index is 5.66. The zero-order valence-electron chi connectivity index (χ0n) is 10.0. The average Bonchev–Trinajstić information content (AvgIpc) is 2.40. The predicted molar refractivity (Wildman–Crippen MR) is 78.0 cm³/mol. The fourth-order valence-electron chi connectivity index (χ4n) is 1.65. The van der Waals surface area contributed by atoms with Crippen LogP contribution in [0.25, 0.3) is 0 Å². The molecule has 3 heteroatoms. The quantitative estimate of drug-likeness (QED) is 0.836. The van der Waals surface area contributed by atoms with Crippen LogP contribution in [0.2, 0.25) is 0 Å². The highest BCUT2D eigenvalue weighted by Gasteiger charge is 1.98. The van der Waals surface area contributed by atoms with Gasteiger partial charge in [-0.3, -0.25) is 0 Å². The topological polar surface area (TPSA) is 35.2 Å². The van der Waals surface area contributed by atoms with Crippen LogP contribution >= 0.6 is 12.2 Å². The third kappa shape index (κ3) is 3.57. The molecular formula is C15H15NOS. The van der Waals surface area contributed by atoms with E-state index in [4.69, 9.17) is 22.7 Å². The molecule has 0 atom stereocenters. The molecule has 0 spiro atoms. The lowest BCUT2D eigenvalue weighted by Crippen LogP contribution is -2.09. The van der Waals surface area contributed by atoms with Crippen LogP contribution in [0.3, 0.4) is 0 Å². The molecule has 0 amide bonds. The fourth-order valence-corrected chi connectivity index (χ4v) is 1.78. The van der Waals surface area contributed by atoms with Gasteiger partial charge in [0.1, 0.15) is 10.7 Å². The van der Waals surface area contributed by atoms with E-state index in [1.807, 2.05) is 42.5 Å². The zero-order valence-corrected chi connectivity index (χ0v) is 10.8. The Morgan fingerprint density at radius 1 is 1.00 bits per heavy atom. The summed E-state index contributed by atoms with van der Waals surface area (Å²) in [6.07, 6.45) is 0.901. The lowest BCUT2D eigenvalue weighted by molar-refractivity contribution is 0.322. The van der Waals surface area contributed by atoms with Crippen molar-refractivity contribution in [1.82, 2.24) is 0 Å². The summed E-state index contributed by atoms with van der Waals surface area (Å²) in [5.41, 5.74) is 7.67. The summed E-state index contributed by atoms with van der Waals surface area (Å²) in [5, 5.41) is 0. The van der Waals surface area contributed by atoms with Crippen molar-refractivity contribution < 1.29 is 4.74 Å². The van der Waals surface area contributed by atoms with Gasteiger partial charge in [0.25, 0.3) is 0 Å². The molecule has 2 N–H and O–H groups in total. The largest absolute Gasteiger partial charge is 0.493 e. The Morgan fingerprint density at radius 2 is 1.67 bits per heavy atom. The number of rotatable bonds is 5. The van der Waals surface area contributed by atoms with E-state index >= 15 is 0 Å². The highest BCUT2D eigenvalue weighted by molar-refractivity contribution is 7.80. The van der Waals surface area contributed by atoms with Crippen LogP contribution in [-0.2, 0) is 6.42 Å². The normalized spacial score (nSPS) is 10.0. The Labute approximate surface area is 112 Å². The molecule has 2 aromatic carbocycles. The first-order chi connectivity index (χ1) is 8.75. The van der Waals surface area contributed by atoms with Crippen molar-refractivity contribution in [2.24, 2.45) is 5.73 Å². The molecule has 18 heavy (non-hydrogen) atoms. The van der Waals surface area contributed by atoms with Gasteiger partial charge in [0.05, 0.1) is 6.61 Å². The Bertz CT molecular complexity index is 508. The first-order valence-corrected chi connectivity index (χ1v) is 6.23. The van der Waals surface area contributed by atoms with Gasteiger partial charge in [0.2, 0.25) is 0 Å². The van der Waals surface area contributed by atoms with Crippen molar-refractivity contribution in [3.63, 3.8) is 0 Å². The van der Waals surface area contributed by atoms with Gasteiger partial charge in [0, 0.05) is 12.0 Å². The lowest BCUT2D eigenvalue weighted by Gasteiger charge is -2.07. The summed E-state index contributed by atoms with van der Waals surface area (Å²) in [6, 6.07) is 17.8. The third-order valence-corrected chi connectivity index (χ3v) is 2.88. The minimum absolute atomic E-state index is 0.408. The van der Waals surface area contributed by atoms with E-state index in [1.54, 1.807) is 0 Å². The van der Waals surface area contributed by atoms with E-state index in [0.29, 0.717) is 11.6 Å². The molecule has 0 heterocycles. The van der Waals surface area contributed by atoms with Crippen molar-refractivity contribution in [2.75, 3.05) is 6.61 Å². The minimum atomic E-state index is 0.408. The standard InChI is InChI=1S/C15H15NOS/c16-15(18)13-6-8-14(9-7-13)17-11-10-12-4-2-1-3-5-12/h1-9H,10-11H2,(H2,16,18). The second-order valence-corrected chi connectivity index (χ2v) is 4.41. The molecule has 2 aromatic rings. The van der Waals surface area contributed by atoms with Gasteiger partial charge in [-0.15, -0.1) is 0 Å². The molecule has 0 aliphatic rings. The molecule has 0 saturated heterocycles. The molecule has 0 aliphatic carbocycles. The fraction of sp³-hybridized carbons (Fsp3) is 0.133. The average molecular weight is 257 g/mol. The van der Waals surface area contributed by atoms with Crippen LogP contribution in [0.4, 0.5) is 0 Å². The molecule has 0 unspecified atom stereocenters. The molecule has 0 bridgehead atoms. The maximum atomic E-state index is 5.66. The molecule has 0 saturated carbocycles. The van der Waals surface area contributed by atoms with Gasteiger partial charge >= 0.3 is 0 Å². The van der Waals surface area contributed by atoms with E-state index in [1.165, 1.54) is 5.56 Å².